The summed E-state index contributed by atoms with van der Waals surface area (Å²) in [5.74, 6) is -0.451. The number of nitrogens with zero attached hydrogens (tertiary/aromatic N) is 3. The first-order valence-electron chi connectivity index (χ1n) is 2.97. The second-order valence-corrected chi connectivity index (χ2v) is 2.03. The van der Waals surface area contributed by atoms with Gasteiger partial charge in [0.05, 0.1) is 4.92 Å². The zero-order valence-corrected chi connectivity index (χ0v) is 5.84. The van der Waals surface area contributed by atoms with Gasteiger partial charge < -0.3 is 5.11 Å². The van der Waals surface area contributed by atoms with Gasteiger partial charge >= 0.3 is 11.4 Å². The fraction of sp³-hybridized carbons (Fsp3) is 0. The Bertz CT molecular complexity index is 369. The molecule has 1 N–H and O–H groups in total. The molecule has 0 radical (unpaired) electrons. The molecule has 0 aliphatic carbocycles. The fourth-order valence-corrected chi connectivity index (χ4v) is 0.720. The summed E-state index contributed by atoms with van der Waals surface area (Å²) < 4.78 is 0. The normalized spacial score (nSPS) is 8.92. The quantitative estimate of drug-likeness (QED) is 0.391. The first kappa shape index (κ1) is 7.94. The molecular formula is C6H4N3O3+. The maximum absolute atomic E-state index is 10.2. The maximum Gasteiger partial charge on any atom is 0.392 e. The average molecular weight is 166 g/mol. The van der Waals surface area contributed by atoms with Crippen LogP contribution in [0, 0.1) is 15.5 Å². The Morgan fingerprint density at radius 3 is 2.75 bits per heavy atom. The number of nitro groups is 1. The lowest BCUT2D eigenvalue weighted by molar-refractivity contribution is -0.385. The van der Waals surface area contributed by atoms with Crippen LogP contribution in [0.15, 0.2) is 18.2 Å². The van der Waals surface area contributed by atoms with E-state index in [0.29, 0.717) is 0 Å². The monoisotopic (exact) mass is 166 g/mol. The van der Waals surface area contributed by atoms with E-state index in [1.165, 1.54) is 6.07 Å². The molecule has 0 atom stereocenters. The van der Waals surface area contributed by atoms with E-state index >= 15 is 0 Å². The van der Waals surface area contributed by atoms with Gasteiger partial charge in [-0.15, -0.1) is 0 Å². The molecule has 0 aromatic heterocycles. The summed E-state index contributed by atoms with van der Waals surface area (Å²) in [6.07, 6.45) is 0. The second kappa shape index (κ2) is 2.84. The number of hydrogen-bond donors (Lipinski definition) is 1. The van der Waals surface area contributed by atoms with Gasteiger partial charge in [0.25, 0.3) is 0 Å². The molecule has 0 saturated heterocycles. The van der Waals surface area contributed by atoms with E-state index in [0.717, 1.165) is 12.1 Å². The van der Waals surface area contributed by atoms with Crippen molar-refractivity contribution in [2.75, 3.05) is 0 Å². The van der Waals surface area contributed by atoms with Crippen molar-refractivity contribution in [2.24, 2.45) is 0 Å². The Morgan fingerprint density at radius 1 is 1.58 bits per heavy atom. The molecule has 1 aromatic rings. The van der Waals surface area contributed by atoms with Gasteiger partial charge in [-0.05, 0) is 6.07 Å². The summed E-state index contributed by atoms with van der Waals surface area (Å²) in [7, 11) is 0. The minimum atomic E-state index is -0.760. The van der Waals surface area contributed by atoms with Gasteiger partial charge in [-0.1, -0.05) is 0 Å². The molecule has 0 fully saturated rings. The van der Waals surface area contributed by atoms with Gasteiger partial charge in [-0.3, -0.25) is 10.1 Å². The highest BCUT2D eigenvalue weighted by Gasteiger charge is 2.18. The lowest BCUT2D eigenvalue weighted by Crippen LogP contribution is -1.87. The minimum absolute atomic E-state index is 0.0273. The van der Waals surface area contributed by atoms with Crippen LogP contribution < -0.4 is 0 Å². The molecule has 0 aliphatic rings. The third-order valence-electron chi connectivity index (χ3n) is 1.27. The molecule has 0 unspecified atom stereocenters. The van der Waals surface area contributed by atoms with Crippen LogP contribution in [0.2, 0.25) is 0 Å². The van der Waals surface area contributed by atoms with E-state index in [-0.39, 0.29) is 5.69 Å². The van der Waals surface area contributed by atoms with Gasteiger partial charge in [-0.25, -0.2) is 0 Å². The Labute approximate surface area is 66.8 Å². The predicted octanol–water partition coefficient (Wildman–Crippen LogP) is 1.78. The summed E-state index contributed by atoms with van der Waals surface area (Å²) in [4.78, 5) is 12.2. The first-order valence-corrected chi connectivity index (χ1v) is 2.97. The molecule has 0 heterocycles. The SMILES string of the molecule is N#[N+]c1ccc(O)c([N+](=O)[O-])c1. The van der Waals surface area contributed by atoms with Crippen LogP contribution in [0.1, 0.15) is 0 Å². The van der Waals surface area contributed by atoms with Crippen molar-refractivity contribution in [3.8, 4) is 5.75 Å². The highest BCUT2D eigenvalue weighted by atomic mass is 16.6. The van der Waals surface area contributed by atoms with E-state index in [1.807, 2.05) is 0 Å². The third kappa shape index (κ3) is 1.29. The van der Waals surface area contributed by atoms with Crippen molar-refractivity contribution in [1.29, 1.82) is 5.39 Å². The molecule has 0 saturated carbocycles. The van der Waals surface area contributed by atoms with Crippen molar-refractivity contribution in [2.45, 2.75) is 0 Å². The number of phenolic OH excluding ortho intramolecular Hbond substituents is 1. The third-order valence-corrected chi connectivity index (χ3v) is 1.27. The molecule has 0 bridgehead atoms. The van der Waals surface area contributed by atoms with E-state index in [9.17, 15) is 10.1 Å². The van der Waals surface area contributed by atoms with Crippen LogP contribution in [0.25, 0.3) is 4.98 Å². The van der Waals surface area contributed by atoms with Crippen molar-refractivity contribution >= 4 is 11.4 Å². The van der Waals surface area contributed by atoms with Gasteiger partial charge in [0.2, 0.25) is 5.39 Å². The highest BCUT2D eigenvalue weighted by molar-refractivity contribution is 5.57. The minimum Gasteiger partial charge on any atom is -0.502 e. The standard InChI is InChI=1S/C6H3N3O3/c7-8-4-1-2-6(10)5(3-4)9(11)12/h1-3H/p+1. The molecule has 0 amide bonds. The summed E-state index contributed by atoms with van der Waals surface area (Å²) in [5.41, 5.74) is -0.454. The number of hydrogen-bond acceptors (Lipinski definition) is 4. The number of rotatable bonds is 1. The Hall–Kier alpha value is -2.16. The largest absolute Gasteiger partial charge is 0.502 e. The Balaban J connectivity index is 3.28. The number of benzene rings is 1. The molecular weight excluding hydrogens is 162 g/mol. The average Bonchev–Trinajstić information content (AvgIpc) is 2.05. The molecule has 1 rings (SSSR count). The highest BCUT2D eigenvalue weighted by Crippen LogP contribution is 2.29. The predicted molar refractivity (Wildman–Crippen MR) is 39.5 cm³/mol. The number of phenols is 1. The van der Waals surface area contributed by atoms with E-state index < -0.39 is 16.4 Å². The van der Waals surface area contributed by atoms with Gasteiger partial charge in [-0.2, -0.15) is 0 Å². The number of aromatic hydroxyl groups is 1. The lowest BCUT2D eigenvalue weighted by Gasteiger charge is -1.90. The van der Waals surface area contributed by atoms with E-state index in [4.69, 9.17) is 10.5 Å². The number of nitro benzene ring substituents is 1. The van der Waals surface area contributed by atoms with Crippen LogP contribution in [-0.2, 0) is 0 Å². The second-order valence-electron chi connectivity index (χ2n) is 2.03. The molecule has 1 aromatic carbocycles. The van der Waals surface area contributed by atoms with E-state index in [1.54, 1.807) is 0 Å². The molecule has 6 nitrogen and oxygen atoms in total. The molecule has 6 heteroatoms. The summed E-state index contributed by atoms with van der Waals surface area (Å²) >= 11 is 0. The molecule has 0 spiro atoms. The van der Waals surface area contributed by atoms with Crippen LogP contribution in [0.3, 0.4) is 0 Å². The van der Waals surface area contributed by atoms with Crippen LogP contribution in [0.4, 0.5) is 11.4 Å². The van der Waals surface area contributed by atoms with Crippen molar-refractivity contribution in [3.05, 3.63) is 33.3 Å². The molecule has 0 aliphatic heterocycles. The Morgan fingerprint density at radius 2 is 2.25 bits per heavy atom. The summed E-state index contributed by atoms with van der Waals surface area (Å²) in [6, 6.07) is 3.31. The topological polar surface area (TPSA) is 91.5 Å². The first-order chi connectivity index (χ1) is 5.65. The van der Waals surface area contributed by atoms with Gasteiger partial charge in [0, 0.05) is 6.07 Å². The fourth-order valence-electron chi connectivity index (χ4n) is 0.720. The van der Waals surface area contributed by atoms with Crippen molar-refractivity contribution in [1.82, 2.24) is 0 Å². The summed E-state index contributed by atoms with van der Waals surface area (Å²) in [5, 5.41) is 27.4. The van der Waals surface area contributed by atoms with Gasteiger partial charge in [0.1, 0.15) is 6.07 Å². The molecule has 60 valence electrons. The van der Waals surface area contributed by atoms with Crippen molar-refractivity contribution < 1.29 is 10.0 Å². The molecule has 12 heavy (non-hydrogen) atoms. The smallest absolute Gasteiger partial charge is 0.392 e. The van der Waals surface area contributed by atoms with Crippen LogP contribution in [-0.4, -0.2) is 10.0 Å². The Kier molecular flexibility index (Phi) is 1.88. The number of diazo groups is 1. The maximum atomic E-state index is 10.2. The van der Waals surface area contributed by atoms with E-state index in [2.05, 4.69) is 4.98 Å². The lowest BCUT2D eigenvalue weighted by atomic mass is 10.2. The zero-order chi connectivity index (χ0) is 9.14. The summed E-state index contributed by atoms with van der Waals surface area (Å²) in [6.45, 7) is 0. The van der Waals surface area contributed by atoms with Crippen molar-refractivity contribution in [3.63, 3.8) is 0 Å². The van der Waals surface area contributed by atoms with Crippen LogP contribution >= 0.6 is 0 Å². The zero-order valence-electron chi connectivity index (χ0n) is 5.84. The van der Waals surface area contributed by atoms with Gasteiger partial charge in [0.15, 0.2) is 10.7 Å². The van der Waals surface area contributed by atoms with Crippen LogP contribution in [0.5, 0.6) is 5.75 Å².